The fourth-order valence-electron chi connectivity index (χ4n) is 1.63. The number of aryl methyl sites for hydroxylation is 2. The lowest BCUT2D eigenvalue weighted by Gasteiger charge is -2.06. The number of carboxylic acids is 1. The summed E-state index contributed by atoms with van der Waals surface area (Å²) >= 11 is 3.43. The Morgan fingerprint density at radius 2 is 2.15 bits per heavy atom. The number of carboxylic acid groups (broad SMARTS) is 1. The third kappa shape index (κ3) is 6.68. The number of hydrogen-bond donors (Lipinski definition) is 2. The number of nitrogens with one attached hydrogen (secondary N) is 1. The first kappa shape index (κ1) is 16.7. The molecule has 0 radical (unpaired) electrons. The normalized spacial score (nSPS) is 10.3. The van der Waals surface area contributed by atoms with Crippen LogP contribution < -0.4 is 5.32 Å². The van der Waals surface area contributed by atoms with E-state index in [1.165, 1.54) is 0 Å². The summed E-state index contributed by atoms with van der Waals surface area (Å²) in [5.74, 6) is -1.08. The summed E-state index contributed by atoms with van der Waals surface area (Å²) < 4.78 is 5.87. The number of benzene rings is 1. The highest BCUT2D eigenvalue weighted by Gasteiger charge is 2.03. The largest absolute Gasteiger partial charge is 0.480 e. The highest BCUT2D eigenvalue weighted by atomic mass is 79.9. The second-order valence-electron chi connectivity index (χ2n) is 4.38. The van der Waals surface area contributed by atoms with Crippen molar-refractivity contribution in [2.75, 3.05) is 19.8 Å². The second kappa shape index (κ2) is 8.71. The van der Waals surface area contributed by atoms with E-state index in [1.807, 2.05) is 25.1 Å². The summed E-state index contributed by atoms with van der Waals surface area (Å²) in [4.78, 5) is 21.8. The lowest BCUT2D eigenvalue weighted by molar-refractivity contribution is -0.142. The van der Waals surface area contributed by atoms with E-state index in [0.717, 1.165) is 15.6 Å². The molecule has 5 nitrogen and oxygen atoms in total. The van der Waals surface area contributed by atoms with Gasteiger partial charge in [-0.15, -0.1) is 0 Å². The van der Waals surface area contributed by atoms with Crippen LogP contribution in [0.2, 0.25) is 0 Å². The third-order valence-electron chi connectivity index (χ3n) is 2.66. The number of carbonyl (C=O) groups is 2. The van der Waals surface area contributed by atoms with E-state index in [9.17, 15) is 9.59 Å². The first-order valence-corrected chi connectivity index (χ1v) is 7.09. The van der Waals surface area contributed by atoms with Crippen molar-refractivity contribution in [2.24, 2.45) is 0 Å². The van der Waals surface area contributed by atoms with E-state index < -0.39 is 5.97 Å². The SMILES string of the molecule is Cc1cc(CCC(=O)NCCOCC(=O)O)ccc1Br. The van der Waals surface area contributed by atoms with Crippen molar-refractivity contribution < 1.29 is 19.4 Å². The van der Waals surface area contributed by atoms with E-state index in [2.05, 4.69) is 21.2 Å². The van der Waals surface area contributed by atoms with Gasteiger partial charge in [-0.05, 0) is 30.5 Å². The number of ether oxygens (including phenoxy) is 1. The summed E-state index contributed by atoms with van der Waals surface area (Å²) in [6, 6.07) is 6.01. The number of aliphatic carboxylic acids is 1. The molecule has 0 bridgehead atoms. The van der Waals surface area contributed by atoms with Crippen LogP contribution in [-0.4, -0.2) is 36.7 Å². The lowest BCUT2D eigenvalue weighted by atomic mass is 10.1. The zero-order chi connectivity index (χ0) is 15.0. The monoisotopic (exact) mass is 343 g/mol. The van der Waals surface area contributed by atoms with Crippen LogP contribution in [0.4, 0.5) is 0 Å². The molecule has 0 atom stereocenters. The number of halogens is 1. The molecule has 110 valence electrons. The van der Waals surface area contributed by atoms with Crippen LogP contribution in [0.5, 0.6) is 0 Å². The van der Waals surface area contributed by atoms with Crippen LogP contribution in [-0.2, 0) is 20.7 Å². The van der Waals surface area contributed by atoms with Crippen molar-refractivity contribution in [3.05, 3.63) is 33.8 Å². The average Bonchev–Trinajstić information content (AvgIpc) is 2.39. The van der Waals surface area contributed by atoms with Gasteiger partial charge >= 0.3 is 5.97 Å². The molecule has 0 spiro atoms. The number of amides is 1. The fraction of sp³-hybridized carbons (Fsp3) is 0.429. The summed E-state index contributed by atoms with van der Waals surface area (Å²) in [7, 11) is 0. The Morgan fingerprint density at radius 1 is 1.40 bits per heavy atom. The van der Waals surface area contributed by atoms with Crippen molar-refractivity contribution in [3.8, 4) is 0 Å². The van der Waals surface area contributed by atoms with Crippen molar-refractivity contribution in [1.82, 2.24) is 5.32 Å². The molecule has 0 heterocycles. The molecular formula is C14H18BrNO4. The van der Waals surface area contributed by atoms with Gasteiger partial charge in [-0.1, -0.05) is 28.1 Å². The van der Waals surface area contributed by atoms with Gasteiger partial charge in [0.2, 0.25) is 5.91 Å². The molecule has 6 heteroatoms. The molecule has 1 aromatic rings. The number of carbonyl (C=O) groups excluding carboxylic acids is 1. The van der Waals surface area contributed by atoms with E-state index in [-0.39, 0.29) is 19.1 Å². The van der Waals surface area contributed by atoms with Crippen LogP contribution in [0.3, 0.4) is 0 Å². The Labute approximate surface area is 126 Å². The summed E-state index contributed by atoms with van der Waals surface area (Å²) in [5.41, 5.74) is 2.26. The van der Waals surface area contributed by atoms with Gasteiger partial charge in [-0.2, -0.15) is 0 Å². The summed E-state index contributed by atoms with van der Waals surface area (Å²) in [6.07, 6.45) is 1.08. The number of hydrogen-bond acceptors (Lipinski definition) is 3. The maximum absolute atomic E-state index is 11.6. The van der Waals surface area contributed by atoms with Gasteiger partial charge in [-0.3, -0.25) is 4.79 Å². The highest BCUT2D eigenvalue weighted by molar-refractivity contribution is 9.10. The van der Waals surface area contributed by atoms with Gasteiger partial charge in [0.15, 0.2) is 0 Å². The molecule has 0 saturated heterocycles. The third-order valence-corrected chi connectivity index (χ3v) is 3.55. The van der Waals surface area contributed by atoms with Gasteiger partial charge in [0.25, 0.3) is 0 Å². The Hall–Kier alpha value is -1.40. The second-order valence-corrected chi connectivity index (χ2v) is 5.23. The molecule has 0 aliphatic carbocycles. The minimum atomic E-state index is -1.01. The molecule has 0 saturated carbocycles. The van der Waals surface area contributed by atoms with Crippen molar-refractivity contribution in [1.29, 1.82) is 0 Å². The predicted molar refractivity (Wildman–Crippen MR) is 78.7 cm³/mol. The van der Waals surface area contributed by atoms with Crippen LogP contribution in [0.15, 0.2) is 22.7 Å². The molecular weight excluding hydrogens is 326 g/mol. The Bertz CT molecular complexity index is 476. The van der Waals surface area contributed by atoms with E-state index >= 15 is 0 Å². The van der Waals surface area contributed by atoms with E-state index in [4.69, 9.17) is 9.84 Å². The van der Waals surface area contributed by atoms with Gasteiger partial charge in [0.1, 0.15) is 6.61 Å². The van der Waals surface area contributed by atoms with Crippen LogP contribution in [0.1, 0.15) is 17.5 Å². The molecule has 1 amide bonds. The molecule has 0 aliphatic heterocycles. The topological polar surface area (TPSA) is 75.6 Å². The number of rotatable bonds is 8. The van der Waals surface area contributed by atoms with Gasteiger partial charge < -0.3 is 15.2 Å². The molecule has 0 aromatic heterocycles. The molecule has 2 N–H and O–H groups in total. The van der Waals surface area contributed by atoms with Crippen molar-refractivity contribution in [2.45, 2.75) is 19.8 Å². The Kier molecular flexibility index (Phi) is 7.25. The summed E-state index contributed by atoms with van der Waals surface area (Å²) in [6.45, 7) is 2.20. The minimum absolute atomic E-state index is 0.0653. The molecule has 0 unspecified atom stereocenters. The maximum atomic E-state index is 11.6. The van der Waals surface area contributed by atoms with Gasteiger partial charge in [-0.25, -0.2) is 4.79 Å². The molecule has 20 heavy (non-hydrogen) atoms. The molecule has 1 aromatic carbocycles. The minimum Gasteiger partial charge on any atom is -0.480 e. The van der Waals surface area contributed by atoms with Crippen LogP contribution >= 0.6 is 15.9 Å². The van der Waals surface area contributed by atoms with Crippen LogP contribution in [0, 0.1) is 6.92 Å². The standard InChI is InChI=1S/C14H18BrNO4/c1-10-8-11(2-4-12(10)15)3-5-13(17)16-6-7-20-9-14(18)19/h2,4,8H,3,5-7,9H2,1H3,(H,16,17)(H,18,19). The average molecular weight is 344 g/mol. The van der Waals surface area contributed by atoms with E-state index in [0.29, 0.717) is 19.4 Å². The van der Waals surface area contributed by atoms with Gasteiger partial charge in [0.05, 0.1) is 6.61 Å². The first-order chi connectivity index (χ1) is 9.49. The Morgan fingerprint density at radius 3 is 2.80 bits per heavy atom. The van der Waals surface area contributed by atoms with Crippen molar-refractivity contribution in [3.63, 3.8) is 0 Å². The zero-order valence-electron chi connectivity index (χ0n) is 11.3. The maximum Gasteiger partial charge on any atom is 0.329 e. The van der Waals surface area contributed by atoms with Crippen LogP contribution in [0.25, 0.3) is 0 Å². The molecule has 1 rings (SSSR count). The first-order valence-electron chi connectivity index (χ1n) is 6.30. The smallest absolute Gasteiger partial charge is 0.329 e. The molecule has 0 aliphatic rings. The Balaban J connectivity index is 2.19. The van der Waals surface area contributed by atoms with E-state index in [1.54, 1.807) is 0 Å². The fourth-order valence-corrected chi connectivity index (χ4v) is 1.88. The summed E-state index contributed by atoms with van der Waals surface area (Å²) in [5, 5.41) is 11.0. The molecule has 0 fully saturated rings. The lowest BCUT2D eigenvalue weighted by Crippen LogP contribution is -2.28. The zero-order valence-corrected chi connectivity index (χ0v) is 12.9. The predicted octanol–water partition coefficient (Wildman–Crippen LogP) is 1.91. The quantitative estimate of drug-likeness (QED) is 0.707. The van der Waals surface area contributed by atoms with Crippen molar-refractivity contribution >= 4 is 27.8 Å². The highest BCUT2D eigenvalue weighted by Crippen LogP contribution is 2.17. The van der Waals surface area contributed by atoms with Gasteiger partial charge in [0, 0.05) is 17.4 Å².